The third-order valence-corrected chi connectivity index (χ3v) is 4.62. The maximum absolute atomic E-state index is 12.2. The molecule has 0 N–H and O–H groups in total. The van der Waals surface area contributed by atoms with Crippen LogP contribution in [0, 0.1) is 0 Å². The van der Waals surface area contributed by atoms with E-state index in [9.17, 15) is 14.4 Å². The quantitative estimate of drug-likeness (QED) is 0.767. The number of carbonyl (C=O) groups excluding carboxylic acids is 3. The zero-order chi connectivity index (χ0) is 17.3. The Bertz CT molecular complexity index is 656. The van der Waals surface area contributed by atoms with Gasteiger partial charge in [0.2, 0.25) is 0 Å². The second-order valence-corrected chi connectivity index (χ2v) is 6.43. The van der Waals surface area contributed by atoms with Crippen molar-refractivity contribution in [1.82, 2.24) is 14.9 Å². The number of hydrogen-bond donors (Lipinski definition) is 0. The molecule has 2 aliphatic heterocycles. The number of piperidine rings is 1. The van der Waals surface area contributed by atoms with E-state index in [4.69, 9.17) is 16.4 Å². The van der Waals surface area contributed by atoms with Crippen molar-refractivity contribution in [2.24, 2.45) is 0 Å². The normalized spacial score (nSPS) is 19.2. The van der Waals surface area contributed by atoms with Gasteiger partial charge in [-0.3, -0.25) is 4.79 Å². The van der Waals surface area contributed by atoms with Gasteiger partial charge < -0.3 is 14.6 Å². The molecule has 0 bridgehead atoms. The largest absolute Gasteiger partial charge is 0.434 e. The average Bonchev–Trinajstić information content (AvgIpc) is 2.82. The topological polar surface area (TPSA) is 70.2 Å². The molecule has 0 aromatic heterocycles. The van der Waals surface area contributed by atoms with E-state index in [1.165, 1.54) is 22.4 Å². The maximum atomic E-state index is 12.2. The number of likely N-dealkylation sites (tertiary alicyclic amines) is 1. The van der Waals surface area contributed by atoms with Gasteiger partial charge in [-0.25, -0.2) is 9.59 Å². The highest BCUT2D eigenvalue weighted by atomic mass is 35.5. The molecule has 2 heterocycles. The van der Waals surface area contributed by atoms with Gasteiger partial charge in [0.05, 0.1) is 0 Å². The first-order valence-electron chi connectivity index (χ1n) is 7.76. The standard InChI is InChI=1S/C16H18ClN3O4/c1-18-10-14(21)20(15(18)22)24-16(23)19-8-6-12(7-9-19)11-2-4-13(17)5-3-11/h2-5,12H,6-10H2,1H3. The molecule has 0 aliphatic carbocycles. The van der Waals surface area contributed by atoms with E-state index in [-0.39, 0.29) is 6.54 Å². The summed E-state index contributed by atoms with van der Waals surface area (Å²) in [6, 6.07) is 7.10. The maximum Gasteiger partial charge on any atom is 0.434 e. The van der Waals surface area contributed by atoms with Gasteiger partial charge in [-0.15, -0.1) is 0 Å². The van der Waals surface area contributed by atoms with Crippen molar-refractivity contribution in [2.75, 3.05) is 26.7 Å². The predicted octanol–water partition coefficient (Wildman–Crippen LogP) is 2.46. The van der Waals surface area contributed by atoms with Crippen molar-refractivity contribution in [3.8, 4) is 0 Å². The number of hydrogen-bond acceptors (Lipinski definition) is 4. The Labute approximate surface area is 144 Å². The fourth-order valence-corrected chi connectivity index (χ4v) is 3.08. The molecule has 2 saturated heterocycles. The molecule has 0 spiro atoms. The van der Waals surface area contributed by atoms with Gasteiger partial charge in [-0.2, -0.15) is 0 Å². The van der Waals surface area contributed by atoms with E-state index in [1.54, 1.807) is 0 Å². The Balaban J connectivity index is 1.54. The zero-order valence-electron chi connectivity index (χ0n) is 13.3. The third-order valence-electron chi connectivity index (χ3n) is 4.36. The van der Waals surface area contributed by atoms with Crippen molar-refractivity contribution < 1.29 is 19.2 Å². The molecule has 1 aromatic carbocycles. The SMILES string of the molecule is CN1CC(=O)N(OC(=O)N2CCC(c3ccc(Cl)cc3)CC2)C1=O. The lowest BCUT2D eigenvalue weighted by Gasteiger charge is -2.31. The van der Waals surface area contributed by atoms with Crippen molar-refractivity contribution in [3.05, 3.63) is 34.9 Å². The number of carbonyl (C=O) groups is 3. The minimum Gasteiger partial charge on any atom is -0.315 e. The minimum absolute atomic E-state index is 0.0786. The second-order valence-electron chi connectivity index (χ2n) is 6.00. The lowest BCUT2D eigenvalue weighted by Crippen LogP contribution is -2.43. The summed E-state index contributed by atoms with van der Waals surface area (Å²) in [6.45, 7) is 0.946. The second kappa shape index (κ2) is 6.68. The van der Waals surface area contributed by atoms with Crippen molar-refractivity contribution >= 4 is 29.6 Å². The smallest absolute Gasteiger partial charge is 0.315 e. The Kier molecular flexibility index (Phi) is 4.62. The first-order chi connectivity index (χ1) is 11.5. The molecule has 0 radical (unpaired) electrons. The highest BCUT2D eigenvalue weighted by molar-refractivity contribution is 6.30. The third kappa shape index (κ3) is 3.31. The molecule has 0 unspecified atom stereocenters. The van der Waals surface area contributed by atoms with Gasteiger partial charge in [0, 0.05) is 25.2 Å². The van der Waals surface area contributed by atoms with Gasteiger partial charge in [-0.1, -0.05) is 28.8 Å². The number of benzene rings is 1. The molecule has 0 atom stereocenters. The highest BCUT2D eigenvalue weighted by Gasteiger charge is 2.38. The zero-order valence-corrected chi connectivity index (χ0v) is 14.0. The molecule has 1 aromatic rings. The first kappa shape index (κ1) is 16.6. The molecule has 7 nitrogen and oxygen atoms in total. The van der Waals surface area contributed by atoms with Gasteiger partial charge in [0.15, 0.2) is 0 Å². The van der Waals surface area contributed by atoms with E-state index in [0.29, 0.717) is 29.1 Å². The molecule has 0 saturated carbocycles. The Hall–Kier alpha value is -2.28. The van der Waals surface area contributed by atoms with Crippen LogP contribution in [0.15, 0.2) is 24.3 Å². The molecule has 24 heavy (non-hydrogen) atoms. The van der Waals surface area contributed by atoms with Crippen LogP contribution in [0.4, 0.5) is 9.59 Å². The molecule has 3 rings (SSSR count). The van der Waals surface area contributed by atoms with E-state index >= 15 is 0 Å². The number of hydroxylamine groups is 2. The number of rotatable bonds is 2. The van der Waals surface area contributed by atoms with Crippen molar-refractivity contribution in [1.29, 1.82) is 0 Å². The van der Waals surface area contributed by atoms with Gasteiger partial charge >= 0.3 is 12.1 Å². The number of urea groups is 1. The monoisotopic (exact) mass is 351 g/mol. The Morgan fingerprint density at radius 3 is 2.33 bits per heavy atom. The lowest BCUT2D eigenvalue weighted by molar-refractivity contribution is -0.149. The Morgan fingerprint density at radius 1 is 1.17 bits per heavy atom. The molecule has 4 amide bonds. The molecule has 128 valence electrons. The van der Waals surface area contributed by atoms with Gasteiger partial charge in [-0.05, 0) is 36.5 Å². The highest BCUT2D eigenvalue weighted by Crippen LogP contribution is 2.29. The van der Waals surface area contributed by atoms with Crippen LogP contribution < -0.4 is 0 Å². The average molecular weight is 352 g/mol. The Morgan fingerprint density at radius 2 is 1.79 bits per heavy atom. The summed E-state index contributed by atoms with van der Waals surface area (Å²) < 4.78 is 0. The molecule has 2 fully saturated rings. The van der Waals surface area contributed by atoms with Crippen LogP contribution in [0.25, 0.3) is 0 Å². The fraction of sp³-hybridized carbons (Fsp3) is 0.438. The number of likely N-dealkylation sites (N-methyl/N-ethyl adjacent to an activating group) is 1. The van der Waals surface area contributed by atoms with Crippen LogP contribution in [0.5, 0.6) is 0 Å². The van der Waals surface area contributed by atoms with Gasteiger partial charge in [0.25, 0.3) is 5.91 Å². The fourth-order valence-electron chi connectivity index (χ4n) is 2.95. The van der Waals surface area contributed by atoms with Crippen LogP contribution in [0.2, 0.25) is 5.02 Å². The van der Waals surface area contributed by atoms with Crippen LogP contribution >= 0.6 is 11.6 Å². The van der Waals surface area contributed by atoms with Crippen LogP contribution in [0.1, 0.15) is 24.3 Å². The van der Waals surface area contributed by atoms with E-state index in [2.05, 4.69) is 0 Å². The molecule has 2 aliphatic rings. The van der Waals surface area contributed by atoms with Crippen molar-refractivity contribution in [3.63, 3.8) is 0 Å². The predicted molar refractivity (Wildman–Crippen MR) is 86.4 cm³/mol. The molecular formula is C16H18ClN3O4. The summed E-state index contributed by atoms with van der Waals surface area (Å²) in [4.78, 5) is 43.2. The molecule has 8 heteroatoms. The van der Waals surface area contributed by atoms with Crippen LogP contribution in [-0.4, -0.2) is 59.6 Å². The summed E-state index contributed by atoms with van der Waals surface area (Å²) in [5, 5.41) is 1.23. The summed E-state index contributed by atoms with van der Waals surface area (Å²) >= 11 is 5.90. The number of imide groups is 1. The van der Waals surface area contributed by atoms with Crippen LogP contribution in [0.3, 0.4) is 0 Å². The van der Waals surface area contributed by atoms with E-state index in [1.807, 2.05) is 24.3 Å². The number of halogens is 1. The van der Waals surface area contributed by atoms with E-state index in [0.717, 1.165) is 12.8 Å². The summed E-state index contributed by atoms with van der Waals surface area (Å²) in [7, 11) is 1.48. The number of nitrogens with zero attached hydrogens (tertiary/aromatic N) is 3. The van der Waals surface area contributed by atoms with Crippen LogP contribution in [-0.2, 0) is 9.63 Å². The minimum atomic E-state index is -0.665. The first-order valence-corrected chi connectivity index (χ1v) is 8.14. The van der Waals surface area contributed by atoms with Gasteiger partial charge in [0.1, 0.15) is 6.54 Å². The molecular weight excluding hydrogens is 334 g/mol. The van der Waals surface area contributed by atoms with Crippen molar-refractivity contribution in [2.45, 2.75) is 18.8 Å². The lowest BCUT2D eigenvalue weighted by atomic mass is 9.90. The summed E-state index contributed by atoms with van der Waals surface area (Å²) in [6.07, 6.45) is 0.915. The van der Waals surface area contributed by atoms with E-state index < -0.39 is 18.0 Å². The summed E-state index contributed by atoms with van der Waals surface area (Å²) in [5.74, 6) is -0.181. The summed E-state index contributed by atoms with van der Waals surface area (Å²) in [5.41, 5.74) is 1.19. The number of amides is 4.